The van der Waals surface area contributed by atoms with Crippen molar-refractivity contribution in [2.24, 2.45) is 5.73 Å². The molecule has 6 nitrogen and oxygen atoms in total. The summed E-state index contributed by atoms with van der Waals surface area (Å²) < 4.78 is 5.09. The quantitative estimate of drug-likeness (QED) is 0.238. The van der Waals surface area contributed by atoms with Gasteiger partial charge in [0, 0.05) is 12.8 Å². The fourth-order valence-corrected chi connectivity index (χ4v) is 2.92. The van der Waals surface area contributed by atoms with Crippen molar-refractivity contribution >= 4 is 17.7 Å². The van der Waals surface area contributed by atoms with E-state index in [9.17, 15) is 14.4 Å². The molecule has 0 unspecified atom stereocenters. The Balaban J connectivity index is 3.15. The average molecular weight is 386 g/mol. The summed E-state index contributed by atoms with van der Waals surface area (Å²) >= 11 is 0. The lowest BCUT2D eigenvalue weighted by Crippen LogP contribution is -2.15. The van der Waals surface area contributed by atoms with Crippen molar-refractivity contribution in [2.45, 2.75) is 103 Å². The van der Waals surface area contributed by atoms with Crippen LogP contribution in [0.5, 0.6) is 0 Å². The van der Waals surface area contributed by atoms with E-state index in [4.69, 9.17) is 15.6 Å². The third-order valence-electron chi connectivity index (χ3n) is 4.63. The molecule has 0 saturated carbocycles. The third kappa shape index (κ3) is 20.7. The van der Waals surface area contributed by atoms with Gasteiger partial charge in [-0.05, 0) is 12.8 Å². The highest BCUT2D eigenvalue weighted by atomic mass is 16.5. The lowest BCUT2D eigenvalue weighted by Gasteiger charge is -2.05. The highest BCUT2D eigenvalue weighted by Gasteiger charge is 2.06. The van der Waals surface area contributed by atoms with Crippen LogP contribution < -0.4 is 5.73 Å². The number of carboxylic acid groups (broad SMARTS) is 1. The molecule has 0 aromatic heterocycles. The van der Waals surface area contributed by atoms with Crippen LogP contribution >= 0.6 is 0 Å². The number of carboxylic acids is 1. The second kappa shape index (κ2) is 19.3. The summed E-state index contributed by atoms with van der Waals surface area (Å²) in [6.45, 7) is 0.435. The molecule has 3 N–H and O–H groups in total. The van der Waals surface area contributed by atoms with E-state index < -0.39 is 5.97 Å². The normalized spacial score (nSPS) is 10.7. The molecule has 0 aliphatic carbocycles. The van der Waals surface area contributed by atoms with Gasteiger partial charge in [0.25, 0.3) is 0 Å². The van der Waals surface area contributed by atoms with E-state index in [1.54, 1.807) is 0 Å². The van der Waals surface area contributed by atoms with E-state index in [0.29, 0.717) is 13.0 Å². The summed E-state index contributed by atoms with van der Waals surface area (Å²) in [6.07, 6.45) is 15.6. The Morgan fingerprint density at radius 2 is 1.07 bits per heavy atom. The average Bonchev–Trinajstić information content (AvgIpc) is 2.65. The van der Waals surface area contributed by atoms with E-state index in [-0.39, 0.29) is 31.1 Å². The number of ketones is 1. The molecule has 0 aromatic rings. The Labute approximate surface area is 164 Å². The second-order valence-corrected chi connectivity index (χ2v) is 7.20. The van der Waals surface area contributed by atoms with Crippen molar-refractivity contribution in [1.29, 1.82) is 0 Å². The van der Waals surface area contributed by atoms with Crippen LogP contribution in [0.15, 0.2) is 0 Å². The molecule has 0 amide bonds. The van der Waals surface area contributed by atoms with Gasteiger partial charge < -0.3 is 15.6 Å². The number of Topliss-reactive ketones (excluding diaryl/α,β-unsaturated/α-hetero) is 1. The molecule has 0 rings (SSSR count). The molecule has 158 valence electrons. The maximum atomic E-state index is 11.4. The highest BCUT2D eigenvalue weighted by molar-refractivity contribution is 5.84. The van der Waals surface area contributed by atoms with Gasteiger partial charge in [0.15, 0.2) is 0 Å². The Morgan fingerprint density at radius 1 is 0.630 bits per heavy atom. The van der Waals surface area contributed by atoms with E-state index in [0.717, 1.165) is 32.1 Å². The maximum Gasteiger partial charge on any atom is 0.306 e. The van der Waals surface area contributed by atoms with Crippen LogP contribution in [0.2, 0.25) is 0 Å². The summed E-state index contributed by atoms with van der Waals surface area (Å²) in [5.41, 5.74) is 5.18. The van der Waals surface area contributed by atoms with E-state index in [1.165, 1.54) is 51.4 Å². The molecule has 0 atom stereocenters. The van der Waals surface area contributed by atoms with E-state index in [1.807, 2.05) is 0 Å². The number of nitrogens with two attached hydrogens (primary N) is 1. The first-order chi connectivity index (χ1) is 13.1. The van der Waals surface area contributed by atoms with Gasteiger partial charge in [0.1, 0.15) is 5.78 Å². The number of carbonyl (C=O) groups excluding carboxylic acids is 2. The standard InChI is InChI=1S/C21H39NO5/c22-18-19(23)15-16-21(26)27-17-13-11-9-7-5-3-1-2-4-6-8-10-12-14-20(24)25/h1-18,22H2,(H,24,25). The largest absolute Gasteiger partial charge is 0.481 e. The monoisotopic (exact) mass is 385 g/mol. The second-order valence-electron chi connectivity index (χ2n) is 7.20. The Hall–Kier alpha value is -1.43. The number of hydrogen-bond donors (Lipinski definition) is 2. The summed E-state index contributed by atoms with van der Waals surface area (Å²) in [5, 5.41) is 8.55. The number of aliphatic carboxylic acids is 1. The zero-order valence-corrected chi connectivity index (χ0v) is 16.9. The summed E-state index contributed by atoms with van der Waals surface area (Å²) in [5.74, 6) is -1.10. The number of unbranched alkanes of at least 4 members (excludes halogenated alkanes) is 12. The molecular formula is C21H39NO5. The number of hydrogen-bond acceptors (Lipinski definition) is 5. The number of ether oxygens (including phenoxy) is 1. The summed E-state index contributed by atoms with van der Waals surface area (Å²) in [4.78, 5) is 32.8. The maximum absolute atomic E-state index is 11.4. The summed E-state index contributed by atoms with van der Waals surface area (Å²) in [7, 11) is 0. The molecule has 27 heavy (non-hydrogen) atoms. The molecular weight excluding hydrogens is 346 g/mol. The Kier molecular flexibility index (Phi) is 18.3. The molecule has 0 bridgehead atoms. The lowest BCUT2D eigenvalue weighted by atomic mass is 10.0. The molecule has 0 fully saturated rings. The topological polar surface area (TPSA) is 107 Å². The van der Waals surface area contributed by atoms with Crippen molar-refractivity contribution in [2.75, 3.05) is 13.2 Å². The smallest absolute Gasteiger partial charge is 0.306 e. The number of rotatable bonds is 20. The van der Waals surface area contributed by atoms with Gasteiger partial charge in [0.05, 0.1) is 19.6 Å². The van der Waals surface area contributed by atoms with E-state index >= 15 is 0 Å². The van der Waals surface area contributed by atoms with Crippen molar-refractivity contribution in [3.05, 3.63) is 0 Å². The molecule has 0 saturated heterocycles. The van der Waals surface area contributed by atoms with E-state index in [2.05, 4.69) is 0 Å². The molecule has 0 aromatic carbocycles. The molecule has 0 heterocycles. The van der Waals surface area contributed by atoms with Crippen molar-refractivity contribution in [3.63, 3.8) is 0 Å². The lowest BCUT2D eigenvalue weighted by molar-refractivity contribution is -0.144. The van der Waals surface area contributed by atoms with Crippen LogP contribution in [0.3, 0.4) is 0 Å². The van der Waals surface area contributed by atoms with Gasteiger partial charge in [-0.1, -0.05) is 70.6 Å². The SMILES string of the molecule is NCC(=O)CCC(=O)OCCCCCCCCCCCCCCCC(=O)O. The Bertz CT molecular complexity index is 398. The zero-order chi connectivity index (χ0) is 20.2. The first-order valence-electron chi connectivity index (χ1n) is 10.7. The molecule has 6 heteroatoms. The van der Waals surface area contributed by atoms with Crippen molar-refractivity contribution in [3.8, 4) is 0 Å². The van der Waals surface area contributed by atoms with Crippen molar-refractivity contribution in [1.82, 2.24) is 0 Å². The first kappa shape index (κ1) is 25.6. The van der Waals surface area contributed by atoms with Crippen LogP contribution in [0.1, 0.15) is 103 Å². The van der Waals surface area contributed by atoms with Gasteiger partial charge in [-0.3, -0.25) is 14.4 Å². The van der Waals surface area contributed by atoms with Gasteiger partial charge in [-0.15, -0.1) is 0 Å². The zero-order valence-electron chi connectivity index (χ0n) is 16.9. The molecule has 0 spiro atoms. The fraction of sp³-hybridized carbons (Fsp3) is 0.857. The number of esters is 1. The van der Waals surface area contributed by atoms with Crippen LogP contribution in [0, 0.1) is 0 Å². The van der Waals surface area contributed by atoms with Gasteiger partial charge in [0.2, 0.25) is 0 Å². The summed E-state index contributed by atoms with van der Waals surface area (Å²) in [6, 6.07) is 0. The highest BCUT2D eigenvalue weighted by Crippen LogP contribution is 2.13. The van der Waals surface area contributed by atoms with Gasteiger partial charge in [-0.2, -0.15) is 0 Å². The third-order valence-corrected chi connectivity index (χ3v) is 4.63. The van der Waals surface area contributed by atoms with Crippen LogP contribution in [0.4, 0.5) is 0 Å². The molecule has 0 aliphatic heterocycles. The fourth-order valence-electron chi connectivity index (χ4n) is 2.92. The molecule has 0 aliphatic rings. The van der Waals surface area contributed by atoms with Crippen LogP contribution in [0.25, 0.3) is 0 Å². The predicted molar refractivity (Wildman–Crippen MR) is 107 cm³/mol. The van der Waals surface area contributed by atoms with Gasteiger partial charge in [-0.25, -0.2) is 0 Å². The molecule has 0 radical (unpaired) electrons. The minimum Gasteiger partial charge on any atom is -0.481 e. The minimum absolute atomic E-state index is 0.0120. The predicted octanol–water partition coefficient (Wildman–Crippen LogP) is 4.38. The van der Waals surface area contributed by atoms with Gasteiger partial charge >= 0.3 is 11.9 Å². The number of carbonyl (C=O) groups is 3. The van der Waals surface area contributed by atoms with Crippen LogP contribution in [-0.2, 0) is 19.1 Å². The van der Waals surface area contributed by atoms with Crippen LogP contribution in [-0.4, -0.2) is 36.0 Å². The first-order valence-corrected chi connectivity index (χ1v) is 10.7. The van der Waals surface area contributed by atoms with Crippen molar-refractivity contribution < 1.29 is 24.2 Å². The minimum atomic E-state index is -0.688. The Morgan fingerprint density at radius 3 is 1.52 bits per heavy atom.